The molecule has 0 saturated heterocycles. The fourth-order valence-electron chi connectivity index (χ4n) is 12.5. The Morgan fingerprint density at radius 2 is 0.882 bits per heavy atom. The summed E-state index contributed by atoms with van der Waals surface area (Å²) in [4.78, 5) is 15.9. The highest BCUT2D eigenvalue weighted by Crippen LogP contribution is 2.62. The summed E-state index contributed by atoms with van der Waals surface area (Å²) < 4.78 is 46.6. The van der Waals surface area contributed by atoms with Gasteiger partial charge in [0.1, 0.15) is 21.4 Å². The van der Waals surface area contributed by atoms with Crippen molar-refractivity contribution in [2.45, 2.75) is 99.7 Å². The summed E-state index contributed by atoms with van der Waals surface area (Å²) >= 11 is 12.2. The zero-order chi connectivity index (χ0) is 34.8. The standard InChI is InChI=1S/2C18H22ClN3O2S.H2O/c2*19-13-4-14-15(5-16(13)25(20,23)24)22-17(21-14)9-18-6-10-1-11(7-18)3-12(2-10)8-18;/h2*4-5,10-12H,1-3,6-9H2,(H,21,22)(H2,20,23,24);1H2. The molecule has 0 aliphatic heterocycles. The predicted molar refractivity (Wildman–Crippen MR) is 197 cm³/mol. The third kappa shape index (κ3) is 6.74. The lowest BCUT2D eigenvalue weighted by molar-refractivity contribution is -0.0532. The Balaban J connectivity index is 0.000000144. The average molecular weight is 778 g/mol. The molecular weight excluding hydrogens is 731 g/mol. The van der Waals surface area contributed by atoms with E-state index in [0.717, 1.165) is 60.0 Å². The summed E-state index contributed by atoms with van der Waals surface area (Å²) in [6.45, 7) is 0. The summed E-state index contributed by atoms with van der Waals surface area (Å²) in [5.74, 6) is 7.30. The van der Waals surface area contributed by atoms with Crippen LogP contribution in [0.5, 0.6) is 0 Å². The number of primary sulfonamides is 2. The molecule has 0 spiro atoms. The van der Waals surface area contributed by atoms with Gasteiger partial charge in [0.15, 0.2) is 0 Å². The van der Waals surface area contributed by atoms with Crippen LogP contribution >= 0.6 is 23.2 Å². The van der Waals surface area contributed by atoms with Crippen LogP contribution in [0.15, 0.2) is 34.1 Å². The van der Waals surface area contributed by atoms with Gasteiger partial charge in [0.25, 0.3) is 0 Å². The summed E-state index contributed by atoms with van der Waals surface area (Å²) in [5, 5.41) is 10.7. The summed E-state index contributed by atoms with van der Waals surface area (Å²) in [7, 11) is -7.68. The lowest BCUT2D eigenvalue weighted by Crippen LogP contribution is -2.47. The highest BCUT2D eigenvalue weighted by molar-refractivity contribution is 7.89. The fourth-order valence-corrected chi connectivity index (χ4v) is 14.6. The molecule has 8 saturated carbocycles. The number of rotatable bonds is 6. The Bertz CT molecular complexity index is 2020. The van der Waals surface area contributed by atoms with E-state index in [1.807, 2.05) is 0 Å². The van der Waals surface area contributed by atoms with Gasteiger partial charge >= 0.3 is 0 Å². The van der Waals surface area contributed by atoms with Crippen LogP contribution < -0.4 is 10.3 Å². The van der Waals surface area contributed by atoms with Crippen LogP contribution in [0.2, 0.25) is 10.0 Å². The Hall–Kier alpha value is -2.26. The van der Waals surface area contributed by atoms with E-state index in [-0.39, 0.29) is 25.3 Å². The van der Waals surface area contributed by atoms with E-state index in [0.29, 0.717) is 32.9 Å². The number of sulfonamides is 2. The molecule has 8 bridgehead atoms. The molecule has 2 aromatic carbocycles. The Kier molecular flexibility index (Phi) is 8.69. The Morgan fingerprint density at radius 1 is 0.588 bits per heavy atom. The van der Waals surface area contributed by atoms with Crippen LogP contribution in [0.25, 0.3) is 22.1 Å². The van der Waals surface area contributed by atoms with Crippen molar-refractivity contribution in [3.05, 3.63) is 46.0 Å². The molecule has 15 heteroatoms. The molecule has 2 aromatic heterocycles. The zero-order valence-electron chi connectivity index (χ0n) is 28.4. The molecule has 12 rings (SSSR count). The minimum absolute atomic E-state index is 0. The first-order valence-corrected chi connectivity index (χ1v) is 21.9. The number of H-pyrrole nitrogens is 2. The number of aromatic nitrogens is 4. The second kappa shape index (κ2) is 12.4. The monoisotopic (exact) mass is 776 g/mol. The first-order valence-electron chi connectivity index (χ1n) is 18.0. The Morgan fingerprint density at radius 3 is 1.16 bits per heavy atom. The number of benzene rings is 2. The molecule has 51 heavy (non-hydrogen) atoms. The van der Waals surface area contributed by atoms with Gasteiger partial charge in [0, 0.05) is 12.8 Å². The maximum absolute atomic E-state index is 11.7. The van der Waals surface area contributed by atoms with Crippen LogP contribution in [0.1, 0.15) is 88.7 Å². The molecule has 2 heterocycles. The topological polar surface area (TPSA) is 209 Å². The van der Waals surface area contributed by atoms with Gasteiger partial charge in [0.05, 0.1) is 32.1 Å². The molecule has 0 atom stereocenters. The molecule has 276 valence electrons. The van der Waals surface area contributed by atoms with Crippen molar-refractivity contribution in [3.63, 3.8) is 0 Å². The molecular formula is C36H46Cl2N6O5S2. The molecule has 0 amide bonds. The van der Waals surface area contributed by atoms with Crippen LogP contribution in [0.4, 0.5) is 0 Å². The summed E-state index contributed by atoms with van der Waals surface area (Å²) in [6.07, 6.45) is 18.4. The first-order chi connectivity index (χ1) is 23.6. The predicted octanol–water partition coefficient (Wildman–Crippen LogP) is 6.42. The number of aromatic amines is 2. The molecule has 8 aliphatic carbocycles. The number of hydrogen-bond donors (Lipinski definition) is 4. The normalized spacial score (nSPS) is 33.4. The molecule has 8 aliphatic rings. The van der Waals surface area contributed by atoms with Gasteiger partial charge in [-0.1, -0.05) is 23.2 Å². The van der Waals surface area contributed by atoms with Crippen molar-refractivity contribution < 1.29 is 22.3 Å². The van der Waals surface area contributed by atoms with Gasteiger partial charge in [-0.15, -0.1) is 0 Å². The van der Waals surface area contributed by atoms with Crippen molar-refractivity contribution in [1.82, 2.24) is 19.9 Å². The smallest absolute Gasteiger partial charge is 0.239 e. The molecule has 0 radical (unpaired) electrons. The van der Waals surface area contributed by atoms with E-state index >= 15 is 0 Å². The summed E-state index contributed by atoms with van der Waals surface area (Å²) in [6, 6.07) is 6.19. The van der Waals surface area contributed by atoms with Gasteiger partial charge in [-0.05, 0) is 148 Å². The lowest BCUT2D eigenvalue weighted by Gasteiger charge is -2.56. The van der Waals surface area contributed by atoms with Gasteiger partial charge in [-0.25, -0.2) is 37.1 Å². The van der Waals surface area contributed by atoms with E-state index in [1.165, 1.54) is 89.2 Å². The van der Waals surface area contributed by atoms with E-state index in [4.69, 9.17) is 43.4 Å². The SMILES string of the molecule is NS(=O)(=O)c1cc2[nH]c(CC34CC5CC(CC(C5)C3)C4)nc2cc1Cl.NS(=O)(=O)c1cc2[nH]c(CC34CC5CC(CC(C5)C3)C4)nc2cc1Cl.O. The molecule has 11 nitrogen and oxygen atoms in total. The molecule has 8 N–H and O–H groups in total. The van der Waals surface area contributed by atoms with Crippen LogP contribution in [0.3, 0.4) is 0 Å². The van der Waals surface area contributed by atoms with Crippen LogP contribution in [-0.4, -0.2) is 42.2 Å². The van der Waals surface area contributed by atoms with Gasteiger partial charge in [-0.3, -0.25) is 0 Å². The number of nitrogens with one attached hydrogen (secondary N) is 2. The van der Waals surface area contributed by atoms with E-state index in [2.05, 4.69) is 9.97 Å². The van der Waals surface area contributed by atoms with Gasteiger partial charge in [-0.2, -0.15) is 0 Å². The first kappa shape index (κ1) is 35.8. The van der Waals surface area contributed by atoms with E-state index in [9.17, 15) is 16.8 Å². The minimum atomic E-state index is -3.84. The van der Waals surface area contributed by atoms with Crippen molar-refractivity contribution >= 4 is 65.3 Å². The molecule has 4 aromatic rings. The summed E-state index contributed by atoms with van der Waals surface area (Å²) in [5.41, 5.74) is 3.56. The van der Waals surface area contributed by atoms with Gasteiger partial charge in [0.2, 0.25) is 20.0 Å². The van der Waals surface area contributed by atoms with Crippen LogP contribution in [-0.2, 0) is 32.9 Å². The largest absolute Gasteiger partial charge is 0.412 e. The second-order valence-corrected chi connectivity index (χ2v) is 21.1. The average Bonchev–Trinajstić information content (AvgIpc) is 3.54. The fraction of sp³-hybridized carbons (Fsp3) is 0.611. The highest BCUT2D eigenvalue weighted by atomic mass is 35.5. The number of imidazole rings is 2. The lowest BCUT2D eigenvalue weighted by atomic mass is 9.49. The highest BCUT2D eigenvalue weighted by Gasteiger charge is 2.52. The maximum atomic E-state index is 11.7. The van der Waals surface area contributed by atoms with E-state index in [1.54, 1.807) is 12.1 Å². The Labute approximate surface area is 308 Å². The number of nitrogens with two attached hydrogens (primary N) is 2. The number of halogens is 2. The molecule has 0 unspecified atom stereocenters. The van der Waals surface area contributed by atoms with Crippen LogP contribution in [0, 0.1) is 46.3 Å². The third-order valence-electron chi connectivity index (χ3n) is 13.2. The minimum Gasteiger partial charge on any atom is -0.412 e. The number of hydrogen-bond acceptors (Lipinski definition) is 6. The number of nitrogens with zero attached hydrogens (tertiary/aromatic N) is 2. The van der Waals surface area contributed by atoms with E-state index < -0.39 is 20.0 Å². The second-order valence-electron chi connectivity index (χ2n) is 17.2. The van der Waals surface area contributed by atoms with Crippen molar-refractivity contribution in [1.29, 1.82) is 0 Å². The van der Waals surface area contributed by atoms with Gasteiger partial charge < -0.3 is 15.4 Å². The third-order valence-corrected chi connectivity index (χ3v) is 15.9. The molecule has 8 fully saturated rings. The zero-order valence-corrected chi connectivity index (χ0v) is 31.6. The van der Waals surface area contributed by atoms with Crippen molar-refractivity contribution in [3.8, 4) is 0 Å². The quantitative estimate of drug-likeness (QED) is 0.174. The maximum Gasteiger partial charge on any atom is 0.239 e. The van der Waals surface area contributed by atoms with Crippen molar-refractivity contribution in [2.75, 3.05) is 0 Å². The number of fused-ring (bicyclic) bond motifs is 2. The van der Waals surface area contributed by atoms with Crippen molar-refractivity contribution in [2.24, 2.45) is 56.6 Å².